The normalized spacial score (nSPS) is 14.9. The quantitative estimate of drug-likeness (QED) is 0.822. The summed E-state index contributed by atoms with van der Waals surface area (Å²) in [6.07, 6.45) is -0.206. The van der Waals surface area contributed by atoms with Crippen molar-refractivity contribution < 1.29 is 23.8 Å². The minimum Gasteiger partial charge on any atom is -0.497 e. The molecule has 0 saturated heterocycles. The van der Waals surface area contributed by atoms with Gasteiger partial charge in [0.05, 0.1) is 14.2 Å². The van der Waals surface area contributed by atoms with Gasteiger partial charge in [-0.05, 0) is 23.8 Å². The minimum absolute atomic E-state index is 0.298. The SMILES string of the molecule is COc1cc(OC)cc(C(=O)NNC(=O)[C@H]2Cc3ccccc3O2)c1. The molecule has 1 atom stereocenters. The lowest BCUT2D eigenvalue weighted by Crippen LogP contribution is -2.47. The average Bonchev–Trinajstić information content (AvgIpc) is 3.09. The van der Waals surface area contributed by atoms with Gasteiger partial charge in [-0.1, -0.05) is 18.2 Å². The van der Waals surface area contributed by atoms with E-state index in [1.54, 1.807) is 18.2 Å². The molecule has 1 aliphatic heterocycles. The van der Waals surface area contributed by atoms with Crippen LogP contribution in [0, 0.1) is 0 Å². The fraction of sp³-hybridized carbons (Fsp3) is 0.222. The molecule has 2 aromatic rings. The maximum Gasteiger partial charge on any atom is 0.279 e. The number of para-hydroxylation sites is 1. The summed E-state index contributed by atoms with van der Waals surface area (Å²) in [5.41, 5.74) is 6.03. The van der Waals surface area contributed by atoms with Gasteiger partial charge in [0.2, 0.25) is 0 Å². The molecule has 0 aliphatic carbocycles. The molecule has 0 bridgehead atoms. The van der Waals surface area contributed by atoms with Crippen LogP contribution in [-0.2, 0) is 11.2 Å². The number of ether oxygens (including phenoxy) is 3. The van der Waals surface area contributed by atoms with E-state index in [4.69, 9.17) is 14.2 Å². The molecule has 7 heteroatoms. The average molecular weight is 342 g/mol. The smallest absolute Gasteiger partial charge is 0.279 e. The van der Waals surface area contributed by atoms with Gasteiger partial charge < -0.3 is 14.2 Å². The molecule has 2 N–H and O–H groups in total. The van der Waals surface area contributed by atoms with E-state index in [2.05, 4.69) is 10.9 Å². The summed E-state index contributed by atoms with van der Waals surface area (Å²) in [5.74, 6) is 0.739. The topological polar surface area (TPSA) is 85.9 Å². The fourth-order valence-corrected chi connectivity index (χ4v) is 2.54. The number of hydrogen-bond donors (Lipinski definition) is 2. The molecular formula is C18H18N2O5. The number of carbonyl (C=O) groups excluding carboxylic acids is 2. The maximum atomic E-state index is 12.2. The van der Waals surface area contributed by atoms with Crippen molar-refractivity contribution in [3.63, 3.8) is 0 Å². The number of hydrazine groups is 1. The first-order valence-electron chi connectivity index (χ1n) is 7.68. The summed E-state index contributed by atoms with van der Waals surface area (Å²) in [6.45, 7) is 0. The lowest BCUT2D eigenvalue weighted by molar-refractivity contribution is -0.128. The van der Waals surface area contributed by atoms with Gasteiger partial charge in [0, 0.05) is 18.1 Å². The molecule has 1 aliphatic rings. The van der Waals surface area contributed by atoms with Gasteiger partial charge in [0.15, 0.2) is 6.10 Å². The highest BCUT2D eigenvalue weighted by Crippen LogP contribution is 2.28. The van der Waals surface area contributed by atoms with E-state index in [1.165, 1.54) is 14.2 Å². The van der Waals surface area contributed by atoms with Crippen molar-refractivity contribution in [1.29, 1.82) is 0 Å². The summed E-state index contributed by atoms with van der Waals surface area (Å²) >= 11 is 0. The third-order valence-electron chi connectivity index (χ3n) is 3.85. The van der Waals surface area contributed by atoms with Gasteiger partial charge >= 0.3 is 0 Å². The summed E-state index contributed by atoms with van der Waals surface area (Å²) in [7, 11) is 2.99. The molecule has 0 unspecified atom stereocenters. The van der Waals surface area contributed by atoms with Crippen LogP contribution in [0.4, 0.5) is 0 Å². The number of fused-ring (bicyclic) bond motifs is 1. The molecule has 130 valence electrons. The third-order valence-corrected chi connectivity index (χ3v) is 3.85. The third kappa shape index (κ3) is 3.65. The van der Waals surface area contributed by atoms with E-state index in [0.29, 0.717) is 29.2 Å². The predicted molar refractivity (Wildman–Crippen MR) is 89.7 cm³/mol. The second kappa shape index (κ2) is 7.12. The van der Waals surface area contributed by atoms with Crippen LogP contribution in [0.25, 0.3) is 0 Å². The summed E-state index contributed by atoms with van der Waals surface area (Å²) in [4.78, 5) is 24.4. The second-order valence-corrected chi connectivity index (χ2v) is 5.46. The van der Waals surface area contributed by atoms with E-state index < -0.39 is 17.9 Å². The number of hydrogen-bond acceptors (Lipinski definition) is 5. The van der Waals surface area contributed by atoms with Crippen molar-refractivity contribution in [1.82, 2.24) is 10.9 Å². The Hall–Kier alpha value is -3.22. The predicted octanol–water partition coefficient (Wildman–Crippen LogP) is 1.47. The Labute approximate surface area is 144 Å². The molecule has 7 nitrogen and oxygen atoms in total. The Morgan fingerprint density at radius 2 is 1.72 bits per heavy atom. The fourth-order valence-electron chi connectivity index (χ4n) is 2.54. The van der Waals surface area contributed by atoms with Crippen molar-refractivity contribution >= 4 is 11.8 Å². The van der Waals surface area contributed by atoms with E-state index >= 15 is 0 Å². The molecule has 0 spiro atoms. The Morgan fingerprint density at radius 1 is 1.04 bits per heavy atom. The van der Waals surface area contributed by atoms with Crippen LogP contribution < -0.4 is 25.1 Å². The monoisotopic (exact) mass is 342 g/mol. The van der Waals surface area contributed by atoms with Gasteiger partial charge in [0.25, 0.3) is 11.8 Å². The van der Waals surface area contributed by atoms with E-state index in [9.17, 15) is 9.59 Å². The zero-order valence-corrected chi connectivity index (χ0v) is 13.9. The van der Waals surface area contributed by atoms with Crippen molar-refractivity contribution in [2.45, 2.75) is 12.5 Å². The van der Waals surface area contributed by atoms with Crippen LogP contribution >= 0.6 is 0 Å². The number of amides is 2. The molecule has 25 heavy (non-hydrogen) atoms. The van der Waals surface area contributed by atoms with Crippen LogP contribution in [0.15, 0.2) is 42.5 Å². The lowest BCUT2D eigenvalue weighted by atomic mass is 10.1. The number of rotatable bonds is 4. The number of benzene rings is 2. The van der Waals surface area contributed by atoms with Crippen LogP contribution in [0.2, 0.25) is 0 Å². The van der Waals surface area contributed by atoms with Crippen molar-refractivity contribution in [3.05, 3.63) is 53.6 Å². The van der Waals surface area contributed by atoms with Crippen LogP contribution in [0.3, 0.4) is 0 Å². The number of carbonyl (C=O) groups is 2. The highest BCUT2D eigenvalue weighted by Gasteiger charge is 2.29. The zero-order chi connectivity index (χ0) is 17.8. The van der Waals surface area contributed by atoms with Gasteiger partial charge in [-0.15, -0.1) is 0 Å². The molecular weight excluding hydrogens is 324 g/mol. The molecule has 0 saturated carbocycles. The van der Waals surface area contributed by atoms with Crippen LogP contribution in [0.1, 0.15) is 15.9 Å². The molecule has 0 fully saturated rings. The van der Waals surface area contributed by atoms with E-state index in [1.807, 2.05) is 24.3 Å². The molecule has 0 aromatic heterocycles. The first kappa shape index (κ1) is 16.6. The number of nitrogens with one attached hydrogen (secondary N) is 2. The van der Waals surface area contributed by atoms with E-state index in [0.717, 1.165) is 5.56 Å². The van der Waals surface area contributed by atoms with Crippen molar-refractivity contribution in [2.24, 2.45) is 0 Å². The Bertz CT molecular complexity index is 759. The van der Waals surface area contributed by atoms with Gasteiger partial charge in [0.1, 0.15) is 17.2 Å². The second-order valence-electron chi connectivity index (χ2n) is 5.46. The first-order chi connectivity index (χ1) is 12.1. The Morgan fingerprint density at radius 3 is 2.36 bits per heavy atom. The van der Waals surface area contributed by atoms with Gasteiger partial charge in [-0.3, -0.25) is 20.4 Å². The lowest BCUT2D eigenvalue weighted by Gasteiger charge is -2.13. The minimum atomic E-state index is -0.669. The van der Waals surface area contributed by atoms with Crippen LogP contribution in [-0.4, -0.2) is 32.1 Å². The summed E-state index contributed by atoms with van der Waals surface area (Å²) in [5, 5.41) is 0. The molecule has 0 radical (unpaired) electrons. The molecule has 2 amide bonds. The molecule has 2 aromatic carbocycles. The van der Waals surface area contributed by atoms with Gasteiger partial charge in [-0.25, -0.2) is 0 Å². The summed E-state index contributed by atoms with van der Waals surface area (Å²) < 4.78 is 15.8. The highest BCUT2D eigenvalue weighted by molar-refractivity contribution is 5.96. The highest BCUT2D eigenvalue weighted by atomic mass is 16.5. The largest absolute Gasteiger partial charge is 0.497 e. The maximum absolute atomic E-state index is 12.2. The molecule has 3 rings (SSSR count). The first-order valence-corrected chi connectivity index (χ1v) is 7.68. The Balaban J connectivity index is 1.60. The van der Waals surface area contributed by atoms with Crippen molar-refractivity contribution in [3.8, 4) is 17.2 Å². The van der Waals surface area contributed by atoms with Gasteiger partial charge in [-0.2, -0.15) is 0 Å². The molecule has 1 heterocycles. The summed E-state index contributed by atoms with van der Waals surface area (Å²) in [6, 6.07) is 12.2. The van der Waals surface area contributed by atoms with E-state index in [-0.39, 0.29) is 0 Å². The number of methoxy groups -OCH3 is 2. The zero-order valence-electron chi connectivity index (χ0n) is 13.9. The van der Waals surface area contributed by atoms with Crippen LogP contribution in [0.5, 0.6) is 17.2 Å². The van der Waals surface area contributed by atoms with Crippen molar-refractivity contribution in [2.75, 3.05) is 14.2 Å². The standard InChI is InChI=1S/C18H18N2O5/c1-23-13-7-12(8-14(10-13)24-2)17(21)19-20-18(22)16-9-11-5-3-4-6-15(11)25-16/h3-8,10,16H,9H2,1-2H3,(H,19,21)(H,20,22)/t16-/m1/s1. The Kier molecular flexibility index (Phi) is 4.74.